The summed E-state index contributed by atoms with van der Waals surface area (Å²) in [5.41, 5.74) is 0. The Kier molecular flexibility index (Phi) is 4.23. The SMILES string of the molecule is COCCNc1nccn1C1CCS(=O)(=O)CC1. The minimum Gasteiger partial charge on any atom is -0.383 e. The van der Waals surface area contributed by atoms with Crippen LogP contribution in [0.5, 0.6) is 0 Å². The minimum absolute atomic E-state index is 0.223. The predicted octanol–water partition coefficient (Wildman–Crippen LogP) is 0.691. The van der Waals surface area contributed by atoms with Gasteiger partial charge in [0.1, 0.15) is 9.84 Å². The van der Waals surface area contributed by atoms with Gasteiger partial charge < -0.3 is 14.6 Å². The van der Waals surface area contributed by atoms with E-state index in [1.807, 2.05) is 10.8 Å². The summed E-state index contributed by atoms with van der Waals surface area (Å²) in [4.78, 5) is 4.25. The second-order valence-corrected chi connectivity index (χ2v) is 6.76. The molecule has 1 saturated heterocycles. The fraction of sp³-hybridized carbons (Fsp3) is 0.727. The van der Waals surface area contributed by atoms with Gasteiger partial charge in [-0.2, -0.15) is 0 Å². The topological polar surface area (TPSA) is 73.2 Å². The van der Waals surface area contributed by atoms with E-state index in [-0.39, 0.29) is 17.5 Å². The molecule has 0 unspecified atom stereocenters. The van der Waals surface area contributed by atoms with Gasteiger partial charge in [-0.05, 0) is 12.8 Å². The Morgan fingerprint density at radius 3 is 2.89 bits per heavy atom. The number of hydrogen-bond acceptors (Lipinski definition) is 5. The van der Waals surface area contributed by atoms with Gasteiger partial charge in [0.15, 0.2) is 0 Å². The van der Waals surface area contributed by atoms with Gasteiger partial charge in [0.05, 0.1) is 18.1 Å². The highest BCUT2D eigenvalue weighted by molar-refractivity contribution is 7.91. The molecule has 1 aliphatic heterocycles. The third-order valence-corrected chi connectivity index (χ3v) is 4.89. The van der Waals surface area contributed by atoms with E-state index in [9.17, 15) is 8.42 Å². The van der Waals surface area contributed by atoms with Crippen LogP contribution < -0.4 is 5.32 Å². The number of aromatic nitrogens is 2. The summed E-state index contributed by atoms with van der Waals surface area (Å²) < 4.78 is 29.8. The van der Waals surface area contributed by atoms with Gasteiger partial charge in [-0.25, -0.2) is 13.4 Å². The summed E-state index contributed by atoms with van der Waals surface area (Å²) in [5, 5.41) is 3.19. The quantitative estimate of drug-likeness (QED) is 0.799. The van der Waals surface area contributed by atoms with Gasteiger partial charge in [0.25, 0.3) is 0 Å². The van der Waals surface area contributed by atoms with E-state index >= 15 is 0 Å². The molecule has 2 heterocycles. The van der Waals surface area contributed by atoms with Crippen molar-refractivity contribution in [3.63, 3.8) is 0 Å². The molecule has 0 spiro atoms. The minimum atomic E-state index is -2.81. The van der Waals surface area contributed by atoms with E-state index in [0.717, 1.165) is 5.95 Å². The molecule has 0 radical (unpaired) electrons. The Morgan fingerprint density at radius 1 is 1.50 bits per heavy atom. The molecule has 1 aromatic heterocycles. The Morgan fingerprint density at radius 2 is 2.22 bits per heavy atom. The van der Waals surface area contributed by atoms with Crippen LogP contribution >= 0.6 is 0 Å². The highest BCUT2D eigenvalue weighted by Gasteiger charge is 2.25. The van der Waals surface area contributed by atoms with Crippen LogP contribution in [0.2, 0.25) is 0 Å². The smallest absolute Gasteiger partial charge is 0.203 e. The zero-order valence-corrected chi connectivity index (χ0v) is 11.3. The molecule has 7 heteroatoms. The van der Waals surface area contributed by atoms with Crippen molar-refractivity contribution in [2.24, 2.45) is 0 Å². The first kappa shape index (κ1) is 13.4. The molecule has 0 atom stereocenters. The summed E-state index contributed by atoms with van der Waals surface area (Å²) in [5.74, 6) is 1.33. The zero-order chi connectivity index (χ0) is 13.0. The fourth-order valence-electron chi connectivity index (χ4n) is 2.17. The predicted molar refractivity (Wildman–Crippen MR) is 69.5 cm³/mol. The lowest BCUT2D eigenvalue weighted by Crippen LogP contribution is -2.26. The molecule has 102 valence electrons. The van der Waals surface area contributed by atoms with Crippen LogP contribution in [0.1, 0.15) is 18.9 Å². The second kappa shape index (κ2) is 5.71. The largest absolute Gasteiger partial charge is 0.383 e. The van der Waals surface area contributed by atoms with Crippen LogP contribution in [0, 0.1) is 0 Å². The van der Waals surface area contributed by atoms with Crippen LogP contribution in [-0.4, -0.2) is 49.7 Å². The number of methoxy groups -OCH3 is 1. The normalized spacial score (nSPS) is 19.8. The first-order chi connectivity index (χ1) is 8.62. The number of nitrogens with zero attached hydrogens (tertiary/aromatic N) is 2. The lowest BCUT2D eigenvalue weighted by Gasteiger charge is -2.24. The third-order valence-electron chi connectivity index (χ3n) is 3.18. The van der Waals surface area contributed by atoms with E-state index < -0.39 is 9.84 Å². The van der Waals surface area contributed by atoms with Gasteiger partial charge in [-0.3, -0.25) is 0 Å². The van der Waals surface area contributed by atoms with Crippen molar-refractivity contribution in [3.05, 3.63) is 12.4 Å². The van der Waals surface area contributed by atoms with Crippen molar-refractivity contribution in [2.45, 2.75) is 18.9 Å². The average Bonchev–Trinajstić information content (AvgIpc) is 2.78. The molecular weight excluding hydrogens is 254 g/mol. The Labute approximate surface area is 107 Å². The summed E-state index contributed by atoms with van der Waals surface area (Å²) in [6, 6.07) is 0.223. The van der Waals surface area contributed by atoms with Gasteiger partial charge in [-0.15, -0.1) is 0 Å². The standard InChI is InChI=1S/C11H19N3O3S/c1-17-7-5-13-11-12-4-6-14(11)10-2-8-18(15,16)9-3-10/h4,6,10H,2-3,5,7-9H2,1H3,(H,12,13). The van der Waals surface area contributed by atoms with Crippen molar-refractivity contribution in [1.82, 2.24) is 9.55 Å². The third kappa shape index (κ3) is 3.23. The van der Waals surface area contributed by atoms with Gasteiger partial charge in [0, 0.05) is 32.1 Å². The lowest BCUT2D eigenvalue weighted by atomic mass is 10.1. The number of rotatable bonds is 5. The van der Waals surface area contributed by atoms with Crippen LogP contribution in [0.25, 0.3) is 0 Å². The Balaban J connectivity index is 1.99. The van der Waals surface area contributed by atoms with Crippen LogP contribution in [0.15, 0.2) is 12.4 Å². The second-order valence-electron chi connectivity index (χ2n) is 4.46. The van der Waals surface area contributed by atoms with Crippen molar-refractivity contribution in [1.29, 1.82) is 0 Å². The highest BCUT2D eigenvalue weighted by Crippen LogP contribution is 2.26. The van der Waals surface area contributed by atoms with E-state index in [4.69, 9.17) is 4.74 Å². The van der Waals surface area contributed by atoms with E-state index in [2.05, 4.69) is 10.3 Å². The van der Waals surface area contributed by atoms with E-state index in [0.29, 0.717) is 26.0 Å². The summed E-state index contributed by atoms with van der Waals surface area (Å²) >= 11 is 0. The van der Waals surface area contributed by atoms with E-state index in [1.165, 1.54) is 0 Å². The van der Waals surface area contributed by atoms with Crippen molar-refractivity contribution < 1.29 is 13.2 Å². The monoisotopic (exact) mass is 273 g/mol. The number of hydrogen-bond donors (Lipinski definition) is 1. The maximum absolute atomic E-state index is 11.4. The first-order valence-electron chi connectivity index (χ1n) is 6.08. The van der Waals surface area contributed by atoms with Gasteiger partial charge >= 0.3 is 0 Å². The maximum atomic E-state index is 11.4. The summed E-state index contributed by atoms with van der Waals surface area (Å²) in [7, 11) is -1.16. The molecule has 2 rings (SSSR count). The molecule has 1 aromatic rings. The summed E-state index contributed by atoms with van der Waals surface area (Å²) in [6.45, 7) is 1.31. The van der Waals surface area contributed by atoms with Crippen LogP contribution in [0.3, 0.4) is 0 Å². The van der Waals surface area contributed by atoms with Crippen molar-refractivity contribution >= 4 is 15.8 Å². The zero-order valence-electron chi connectivity index (χ0n) is 10.5. The molecule has 1 N–H and O–H groups in total. The molecule has 0 bridgehead atoms. The molecule has 0 aromatic carbocycles. The molecular formula is C11H19N3O3S. The number of imidazole rings is 1. The van der Waals surface area contributed by atoms with Crippen LogP contribution in [-0.2, 0) is 14.6 Å². The van der Waals surface area contributed by atoms with Crippen molar-refractivity contribution in [2.75, 3.05) is 37.1 Å². The molecule has 18 heavy (non-hydrogen) atoms. The average molecular weight is 273 g/mol. The van der Waals surface area contributed by atoms with E-state index in [1.54, 1.807) is 13.3 Å². The molecule has 1 fully saturated rings. The fourth-order valence-corrected chi connectivity index (χ4v) is 3.63. The molecule has 0 amide bonds. The molecule has 1 aliphatic rings. The van der Waals surface area contributed by atoms with Crippen LogP contribution in [0.4, 0.5) is 5.95 Å². The Bertz CT molecular complexity index is 469. The van der Waals surface area contributed by atoms with Crippen molar-refractivity contribution in [3.8, 4) is 0 Å². The molecule has 0 aliphatic carbocycles. The number of nitrogens with one attached hydrogen (secondary N) is 1. The Hall–Kier alpha value is -1.08. The number of anilines is 1. The maximum Gasteiger partial charge on any atom is 0.203 e. The number of ether oxygens (including phenoxy) is 1. The van der Waals surface area contributed by atoms with Gasteiger partial charge in [-0.1, -0.05) is 0 Å². The molecule has 6 nitrogen and oxygen atoms in total. The lowest BCUT2D eigenvalue weighted by molar-refractivity contribution is 0.210. The number of sulfone groups is 1. The van der Waals surface area contributed by atoms with Gasteiger partial charge in [0.2, 0.25) is 5.95 Å². The summed E-state index contributed by atoms with van der Waals surface area (Å²) in [6.07, 6.45) is 4.96. The molecule has 0 saturated carbocycles. The highest BCUT2D eigenvalue weighted by atomic mass is 32.2. The first-order valence-corrected chi connectivity index (χ1v) is 7.90.